The molecule has 1 saturated heterocycles. The topological polar surface area (TPSA) is 60.5 Å². The number of para-hydroxylation sites is 1. The number of hydrogen-bond donors (Lipinski definition) is 2. The van der Waals surface area contributed by atoms with Crippen molar-refractivity contribution in [2.45, 2.75) is 58.2 Å². The van der Waals surface area contributed by atoms with Crippen LogP contribution in [0.1, 0.15) is 68.6 Å². The number of pyridine rings is 1. The van der Waals surface area contributed by atoms with E-state index in [1.54, 1.807) is 6.20 Å². The van der Waals surface area contributed by atoms with E-state index in [0.717, 1.165) is 40.2 Å². The molecule has 0 aliphatic carbocycles. The summed E-state index contributed by atoms with van der Waals surface area (Å²) in [5.41, 5.74) is 7.13. The van der Waals surface area contributed by atoms with Gasteiger partial charge >= 0.3 is 0 Å². The number of benzene rings is 2. The summed E-state index contributed by atoms with van der Waals surface area (Å²) in [4.78, 5) is 22.1. The standard InChI is InChI=1S/C32H36ClN5OS/c1-6-21-11-7-8-12-25(21)35-28(39)14-16-38-30(29(36-31(38)40)26-13-9-10-15-34-26)23-17-22-20(2)19-32(3,4)37(5)27(22)18-24(23)33/h7-13,15,17-19,29-30H,6,14,16H2,1-5H3,(H,35,39)(H,36,40)/t29-,30+/m1/s1. The Balaban J connectivity index is 1.49. The number of halogens is 1. The third-order valence-electron chi connectivity index (χ3n) is 8.10. The highest BCUT2D eigenvalue weighted by atomic mass is 35.5. The highest BCUT2D eigenvalue weighted by Gasteiger charge is 2.41. The van der Waals surface area contributed by atoms with Gasteiger partial charge in [0.2, 0.25) is 5.91 Å². The van der Waals surface area contributed by atoms with Crippen molar-refractivity contribution in [3.05, 3.63) is 94.3 Å². The fraction of sp³-hybridized carbons (Fsp3) is 0.344. The van der Waals surface area contributed by atoms with E-state index in [4.69, 9.17) is 23.8 Å². The molecule has 40 heavy (non-hydrogen) atoms. The van der Waals surface area contributed by atoms with Gasteiger partial charge in [-0.2, -0.15) is 0 Å². The number of nitrogens with zero attached hydrogens (tertiary/aromatic N) is 3. The Morgan fingerprint density at radius 1 is 1.18 bits per heavy atom. The molecule has 1 aromatic heterocycles. The van der Waals surface area contributed by atoms with Crippen LogP contribution >= 0.6 is 23.8 Å². The summed E-state index contributed by atoms with van der Waals surface area (Å²) in [5.74, 6) is -0.0529. The lowest BCUT2D eigenvalue weighted by Gasteiger charge is -2.41. The van der Waals surface area contributed by atoms with Crippen molar-refractivity contribution in [2.24, 2.45) is 0 Å². The second-order valence-corrected chi connectivity index (χ2v) is 11.9. The number of rotatable bonds is 7. The Morgan fingerprint density at radius 3 is 2.65 bits per heavy atom. The number of amides is 1. The summed E-state index contributed by atoms with van der Waals surface area (Å²) in [7, 11) is 2.10. The normalized spacial score (nSPS) is 19.6. The van der Waals surface area contributed by atoms with Gasteiger partial charge in [0, 0.05) is 48.2 Å². The largest absolute Gasteiger partial charge is 0.365 e. The van der Waals surface area contributed by atoms with Crippen molar-refractivity contribution in [1.29, 1.82) is 0 Å². The monoisotopic (exact) mass is 573 g/mol. The smallest absolute Gasteiger partial charge is 0.226 e. The molecule has 2 aliphatic rings. The number of aryl methyl sites for hydroxylation is 1. The molecule has 2 N–H and O–H groups in total. The Labute approximate surface area is 247 Å². The minimum absolute atomic E-state index is 0.0529. The van der Waals surface area contributed by atoms with E-state index in [9.17, 15) is 4.79 Å². The van der Waals surface area contributed by atoms with Gasteiger partial charge in [-0.25, -0.2) is 0 Å². The van der Waals surface area contributed by atoms with E-state index in [1.807, 2.05) is 42.5 Å². The highest BCUT2D eigenvalue weighted by Crippen LogP contribution is 2.46. The van der Waals surface area contributed by atoms with Crippen LogP contribution < -0.4 is 15.5 Å². The number of hydrogen-bond acceptors (Lipinski definition) is 4. The average Bonchev–Trinajstić information content (AvgIpc) is 3.26. The Morgan fingerprint density at radius 2 is 1.93 bits per heavy atom. The lowest BCUT2D eigenvalue weighted by molar-refractivity contribution is -0.116. The van der Waals surface area contributed by atoms with Crippen molar-refractivity contribution in [3.8, 4) is 0 Å². The van der Waals surface area contributed by atoms with Crippen LogP contribution in [0.15, 0.2) is 66.9 Å². The maximum absolute atomic E-state index is 13.1. The van der Waals surface area contributed by atoms with Gasteiger partial charge in [0.15, 0.2) is 5.11 Å². The first kappa shape index (κ1) is 28.1. The number of likely N-dealkylation sites (N-methyl/N-ethyl adjacent to an activating group) is 1. The minimum Gasteiger partial charge on any atom is -0.365 e. The first-order valence-corrected chi connectivity index (χ1v) is 14.5. The van der Waals surface area contributed by atoms with Crippen molar-refractivity contribution in [3.63, 3.8) is 0 Å². The van der Waals surface area contributed by atoms with Crippen molar-refractivity contribution in [1.82, 2.24) is 15.2 Å². The van der Waals surface area contributed by atoms with Gasteiger partial charge in [0.25, 0.3) is 0 Å². The molecular weight excluding hydrogens is 538 g/mol. The molecule has 0 radical (unpaired) electrons. The molecule has 1 fully saturated rings. The van der Waals surface area contributed by atoms with Gasteiger partial charge in [-0.15, -0.1) is 0 Å². The number of fused-ring (bicyclic) bond motifs is 1. The van der Waals surface area contributed by atoms with Crippen molar-refractivity contribution < 1.29 is 4.79 Å². The van der Waals surface area contributed by atoms with E-state index in [-0.39, 0.29) is 30.0 Å². The van der Waals surface area contributed by atoms with Gasteiger partial charge in [0.1, 0.15) is 0 Å². The lowest BCUT2D eigenvalue weighted by Crippen LogP contribution is -2.42. The molecular formula is C32H36ClN5OS. The summed E-state index contributed by atoms with van der Waals surface area (Å²) >= 11 is 12.9. The third-order valence-corrected chi connectivity index (χ3v) is 8.78. The predicted octanol–water partition coefficient (Wildman–Crippen LogP) is 6.93. The second kappa shape index (κ2) is 11.2. The summed E-state index contributed by atoms with van der Waals surface area (Å²) in [6, 6.07) is 17.6. The Kier molecular flexibility index (Phi) is 7.89. The van der Waals surface area contributed by atoms with Crippen LogP contribution in [0.3, 0.4) is 0 Å². The van der Waals surface area contributed by atoms with E-state index in [0.29, 0.717) is 16.7 Å². The zero-order chi connectivity index (χ0) is 28.6. The van der Waals surface area contributed by atoms with Gasteiger partial charge in [-0.1, -0.05) is 48.9 Å². The quantitative estimate of drug-likeness (QED) is 0.299. The molecule has 5 rings (SSSR count). The number of anilines is 2. The summed E-state index contributed by atoms with van der Waals surface area (Å²) in [6.07, 6.45) is 5.21. The number of carbonyl (C=O) groups excluding carboxylic acids is 1. The molecule has 2 aliphatic heterocycles. The maximum Gasteiger partial charge on any atom is 0.226 e. The highest BCUT2D eigenvalue weighted by molar-refractivity contribution is 7.80. The number of nitrogens with one attached hydrogen (secondary N) is 2. The molecule has 1 amide bonds. The fourth-order valence-electron chi connectivity index (χ4n) is 5.78. The van der Waals surface area contributed by atoms with Gasteiger partial charge in [-0.3, -0.25) is 9.78 Å². The van der Waals surface area contributed by atoms with Crippen LogP contribution in [-0.2, 0) is 11.2 Å². The molecule has 3 aromatic rings. The Hall–Kier alpha value is -3.42. The minimum atomic E-state index is -0.232. The van der Waals surface area contributed by atoms with E-state index in [2.05, 4.69) is 78.4 Å². The molecule has 0 spiro atoms. The summed E-state index contributed by atoms with van der Waals surface area (Å²) in [5, 5.41) is 7.82. The van der Waals surface area contributed by atoms with Crippen LogP contribution in [0.5, 0.6) is 0 Å². The Bertz CT molecular complexity index is 1470. The second-order valence-electron chi connectivity index (χ2n) is 11.1. The molecule has 3 heterocycles. The summed E-state index contributed by atoms with van der Waals surface area (Å²) in [6.45, 7) is 9.07. The maximum atomic E-state index is 13.1. The molecule has 208 valence electrons. The predicted molar refractivity (Wildman–Crippen MR) is 169 cm³/mol. The molecule has 6 nitrogen and oxygen atoms in total. The van der Waals surface area contributed by atoms with E-state index < -0.39 is 0 Å². The summed E-state index contributed by atoms with van der Waals surface area (Å²) < 4.78 is 0. The van der Waals surface area contributed by atoms with Crippen LogP contribution in [-0.4, -0.2) is 40.0 Å². The SMILES string of the molecule is CCc1ccccc1NC(=O)CCN1C(=S)N[C@H](c2ccccn2)[C@@H]1c1cc2c(cc1Cl)N(C)C(C)(C)C=C2C. The van der Waals surface area contributed by atoms with Gasteiger partial charge in [-0.05, 0) is 86.4 Å². The van der Waals surface area contributed by atoms with Crippen LogP contribution in [0.25, 0.3) is 5.57 Å². The van der Waals surface area contributed by atoms with Crippen molar-refractivity contribution >= 4 is 51.8 Å². The molecule has 2 atom stereocenters. The number of thiocarbonyl (C=S) groups is 1. The van der Waals surface area contributed by atoms with Crippen LogP contribution in [0.2, 0.25) is 5.02 Å². The number of aromatic nitrogens is 1. The zero-order valence-corrected chi connectivity index (χ0v) is 25.2. The van der Waals surface area contributed by atoms with Crippen LogP contribution in [0.4, 0.5) is 11.4 Å². The van der Waals surface area contributed by atoms with E-state index >= 15 is 0 Å². The molecule has 8 heteroatoms. The first-order chi connectivity index (χ1) is 19.1. The zero-order valence-electron chi connectivity index (χ0n) is 23.7. The molecule has 0 saturated carbocycles. The van der Waals surface area contributed by atoms with E-state index in [1.165, 1.54) is 5.57 Å². The fourth-order valence-corrected chi connectivity index (χ4v) is 6.39. The molecule has 0 bridgehead atoms. The number of carbonyl (C=O) groups is 1. The first-order valence-electron chi connectivity index (χ1n) is 13.7. The number of allylic oxidation sites excluding steroid dienone is 1. The van der Waals surface area contributed by atoms with Crippen molar-refractivity contribution in [2.75, 3.05) is 23.8 Å². The lowest BCUT2D eigenvalue weighted by atomic mass is 9.86. The molecule has 0 unspecified atom stereocenters. The van der Waals surface area contributed by atoms with Gasteiger partial charge < -0.3 is 20.4 Å². The molecule has 2 aromatic carbocycles. The average molecular weight is 574 g/mol. The van der Waals surface area contributed by atoms with Gasteiger partial charge in [0.05, 0.1) is 23.3 Å². The third kappa shape index (κ3) is 5.32. The van der Waals surface area contributed by atoms with Crippen LogP contribution in [0, 0.1) is 0 Å².